The third-order valence-electron chi connectivity index (χ3n) is 3.95. The third kappa shape index (κ3) is 3.23. The number of rotatable bonds is 2. The van der Waals surface area contributed by atoms with E-state index in [2.05, 4.69) is 17.4 Å². The molecule has 1 aromatic carbocycles. The SMILES string of the molecule is CC1CCc2onc(C(=O)Nc3cccc(C(F)(F)F)c3)c2C1. The lowest BCUT2D eigenvalue weighted by Crippen LogP contribution is -2.18. The van der Waals surface area contributed by atoms with Crippen LogP contribution in [0.3, 0.4) is 0 Å². The fourth-order valence-electron chi connectivity index (χ4n) is 2.72. The molecule has 0 bridgehead atoms. The first-order chi connectivity index (χ1) is 10.8. The van der Waals surface area contributed by atoms with Crippen LogP contribution in [0.15, 0.2) is 28.8 Å². The average molecular weight is 324 g/mol. The molecule has 0 fully saturated rings. The van der Waals surface area contributed by atoms with Crippen molar-refractivity contribution >= 4 is 11.6 Å². The van der Waals surface area contributed by atoms with Gasteiger partial charge in [0.05, 0.1) is 5.56 Å². The summed E-state index contributed by atoms with van der Waals surface area (Å²) in [4.78, 5) is 12.3. The summed E-state index contributed by atoms with van der Waals surface area (Å²) in [6, 6.07) is 4.50. The number of nitrogens with one attached hydrogen (secondary N) is 1. The van der Waals surface area contributed by atoms with Gasteiger partial charge >= 0.3 is 6.18 Å². The van der Waals surface area contributed by atoms with E-state index in [9.17, 15) is 18.0 Å². The van der Waals surface area contributed by atoms with Crippen LogP contribution in [0.2, 0.25) is 0 Å². The summed E-state index contributed by atoms with van der Waals surface area (Å²) in [5.41, 5.74) is 0.175. The van der Waals surface area contributed by atoms with Crippen LogP contribution in [0, 0.1) is 5.92 Å². The zero-order valence-electron chi connectivity index (χ0n) is 12.4. The molecule has 122 valence electrons. The average Bonchev–Trinajstić information content (AvgIpc) is 2.89. The van der Waals surface area contributed by atoms with E-state index >= 15 is 0 Å². The largest absolute Gasteiger partial charge is 0.416 e. The van der Waals surface area contributed by atoms with Crippen LogP contribution in [-0.4, -0.2) is 11.1 Å². The highest BCUT2D eigenvalue weighted by Gasteiger charge is 2.31. The van der Waals surface area contributed by atoms with Gasteiger partial charge in [0.15, 0.2) is 5.69 Å². The lowest BCUT2D eigenvalue weighted by atomic mass is 9.88. The number of aryl methyl sites for hydroxylation is 1. The Labute approximate surface area is 130 Å². The quantitative estimate of drug-likeness (QED) is 0.906. The Balaban J connectivity index is 1.82. The summed E-state index contributed by atoms with van der Waals surface area (Å²) in [7, 11) is 0. The van der Waals surface area contributed by atoms with Gasteiger partial charge in [-0.05, 0) is 37.0 Å². The number of alkyl halides is 3. The Kier molecular flexibility index (Phi) is 3.87. The van der Waals surface area contributed by atoms with Crippen molar-refractivity contribution in [3.8, 4) is 0 Å². The molecular formula is C16H15F3N2O2. The van der Waals surface area contributed by atoms with Crippen LogP contribution >= 0.6 is 0 Å². The molecule has 0 saturated carbocycles. The maximum absolute atomic E-state index is 12.7. The van der Waals surface area contributed by atoms with Crippen LogP contribution in [-0.2, 0) is 19.0 Å². The van der Waals surface area contributed by atoms with Gasteiger partial charge in [-0.2, -0.15) is 13.2 Å². The number of aromatic nitrogens is 1. The molecule has 1 amide bonds. The second-order valence-electron chi connectivity index (χ2n) is 5.81. The Hall–Kier alpha value is -2.31. The third-order valence-corrected chi connectivity index (χ3v) is 3.95. The molecule has 1 aliphatic rings. The van der Waals surface area contributed by atoms with Crippen LogP contribution in [0.4, 0.5) is 18.9 Å². The molecule has 1 heterocycles. The van der Waals surface area contributed by atoms with Crippen molar-refractivity contribution in [3.05, 3.63) is 46.8 Å². The van der Waals surface area contributed by atoms with Gasteiger partial charge in [0, 0.05) is 17.7 Å². The smallest absolute Gasteiger partial charge is 0.360 e. The van der Waals surface area contributed by atoms with E-state index in [0.717, 1.165) is 30.5 Å². The molecular weight excluding hydrogens is 309 g/mol. The van der Waals surface area contributed by atoms with Crippen molar-refractivity contribution in [1.29, 1.82) is 0 Å². The van der Waals surface area contributed by atoms with Crippen molar-refractivity contribution in [3.63, 3.8) is 0 Å². The lowest BCUT2D eigenvalue weighted by Gasteiger charge is -2.16. The molecule has 23 heavy (non-hydrogen) atoms. The first kappa shape index (κ1) is 15.6. The first-order valence-corrected chi connectivity index (χ1v) is 7.30. The van der Waals surface area contributed by atoms with Crippen molar-refractivity contribution in [2.24, 2.45) is 5.92 Å². The fraction of sp³-hybridized carbons (Fsp3) is 0.375. The number of hydrogen-bond acceptors (Lipinski definition) is 3. The number of carbonyl (C=O) groups is 1. The monoisotopic (exact) mass is 324 g/mol. The molecule has 1 N–H and O–H groups in total. The molecule has 7 heteroatoms. The highest BCUT2D eigenvalue weighted by molar-refractivity contribution is 6.04. The molecule has 1 aliphatic carbocycles. The predicted octanol–water partition coefficient (Wildman–Crippen LogP) is 4.07. The van der Waals surface area contributed by atoms with E-state index in [4.69, 9.17) is 4.52 Å². The van der Waals surface area contributed by atoms with Crippen LogP contribution < -0.4 is 5.32 Å². The molecule has 3 rings (SSSR count). The van der Waals surface area contributed by atoms with E-state index in [-0.39, 0.29) is 11.4 Å². The Morgan fingerprint density at radius 2 is 2.17 bits per heavy atom. The molecule has 1 atom stereocenters. The van der Waals surface area contributed by atoms with E-state index in [1.807, 2.05) is 0 Å². The minimum atomic E-state index is -4.46. The van der Waals surface area contributed by atoms with Gasteiger partial charge in [-0.1, -0.05) is 18.1 Å². The number of halogens is 3. The zero-order chi connectivity index (χ0) is 16.6. The number of anilines is 1. The minimum Gasteiger partial charge on any atom is -0.360 e. The van der Waals surface area contributed by atoms with Gasteiger partial charge in [0.1, 0.15) is 5.76 Å². The minimum absolute atomic E-state index is 0.0745. The van der Waals surface area contributed by atoms with Gasteiger partial charge in [-0.25, -0.2) is 0 Å². The number of benzene rings is 1. The maximum Gasteiger partial charge on any atom is 0.416 e. The van der Waals surface area contributed by atoms with Crippen LogP contribution in [0.25, 0.3) is 0 Å². The van der Waals surface area contributed by atoms with Crippen LogP contribution in [0.5, 0.6) is 0 Å². The lowest BCUT2D eigenvalue weighted by molar-refractivity contribution is -0.137. The van der Waals surface area contributed by atoms with E-state index < -0.39 is 17.6 Å². The topological polar surface area (TPSA) is 55.1 Å². The fourth-order valence-corrected chi connectivity index (χ4v) is 2.72. The van der Waals surface area contributed by atoms with Crippen LogP contribution in [0.1, 0.15) is 40.7 Å². The van der Waals surface area contributed by atoms with Gasteiger partial charge in [0.2, 0.25) is 0 Å². The predicted molar refractivity (Wildman–Crippen MR) is 77.1 cm³/mol. The van der Waals surface area contributed by atoms with Gasteiger partial charge in [-0.15, -0.1) is 0 Å². The Bertz CT molecular complexity index is 737. The summed E-state index contributed by atoms with van der Waals surface area (Å²) < 4.78 is 43.3. The summed E-state index contributed by atoms with van der Waals surface area (Å²) in [5.74, 6) is 0.558. The molecule has 0 spiro atoms. The Morgan fingerprint density at radius 1 is 1.39 bits per heavy atom. The van der Waals surface area contributed by atoms with Gasteiger partial charge < -0.3 is 9.84 Å². The van der Waals surface area contributed by atoms with Gasteiger partial charge in [0.25, 0.3) is 5.91 Å². The second-order valence-corrected chi connectivity index (χ2v) is 5.81. The normalized spacial score (nSPS) is 17.7. The van der Waals surface area contributed by atoms with E-state index in [1.54, 1.807) is 0 Å². The van der Waals surface area contributed by atoms with Crippen molar-refractivity contribution in [2.45, 2.75) is 32.4 Å². The number of carbonyl (C=O) groups excluding carboxylic acids is 1. The summed E-state index contributed by atoms with van der Waals surface area (Å²) in [6.45, 7) is 2.07. The molecule has 2 aromatic rings. The molecule has 1 unspecified atom stereocenters. The molecule has 0 aliphatic heterocycles. The van der Waals surface area contributed by atoms with Gasteiger partial charge in [-0.3, -0.25) is 4.79 Å². The second kappa shape index (κ2) is 5.72. The highest BCUT2D eigenvalue weighted by Crippen LogP contribution is 2.31. The number of nitrogens with zero attached hydrogens (tertiary/aromatic N) is 1. The zero-order valence-corrected chi connectivity index (χ0v) is 12.4. The maximum atomic E-state index is 12.7. The first-order valence-electron chi connectivity index (χ1n) is 7.30. The van der Waals surface area contributed by atoms with Crippen molar-refractivity contribution in [2.75, 3.05) is 5.32 Å². The summed E-state index contributed by atoms with van der Waals surface area (Å²) in [5, 5.41) is 6.25. The van der Waals surface area contributed by atoms with Crippen molar-refractivity contribution < 1.29 is 22.5 Å². The Morgan fingerprint density at radius 3 is 2.91 bits per heavy atom. The summed E-state index contributed by atoms with van der Waals surface area (Å²) in [6.07, 6.45) is -2.08. The number of hydrogen-bond donors (Lipinski definition) is 1. The van der Waals surface area contributed by atoms with E-state index in [1.165, 1.54) is 12.1 Å². The highest BCUT2D eigenvalue weighted by atomic mass is 19.4. The molecule has 0 radical (unpaired) electrons. The molecule has 1 aromatic heterocycles. The molecule has 4 nitrogen and oxygen atoms in total. The standard InChI is InChI=1S/C16H15F3N2O2/c1-9-5-6-13-12(7-9)14(21-23-13)15(22)20-11-4-2-3-10(8-11)16(17,18)19/h2-4,8-9H,5-7H2,1H3,(H,20,22). The van der Waals surface area contributed by atoms with Crippen molar-refractivity contribution in [1.82, 2.24) is 5.16 Å². The van der Waals surface area contributed by atoms with E-state index in [0.29, 0.717) is 18.1 Å². The molecule has 0 saturated heterocycles. The number of amides is 1. The number of fused-ring (bicyclic) bond motifs is 1. The summed E-state index contributed by atoms with van der Waals surface area (Å²) >= 11 is 0.